The number of rotatable bonds is 4. The fourth-order valence-corrected chi connectivity index (χ4v) is 2.35. The normalized spacial score (nSPS) is 16.9. The Labute approximate surface area is 120 Å². The minimum absolute atomic E-state index is 0.0674. The van der Waals surface area contributed by atoms with Crippen molar-refractivity contribution in [3.8, 4) is 5.75 Å². The lowest BCUT2D eigenvalue weighted by Crippen LogP contribution is -2.51. The first-order valence-electron chi connectivity index (χ1n) is 6.86. The Morgan fingerprint density at radius 3 is 2.50 bits per heavy atom. The molecule has 5 heteroatoms. The van der Waals surface area contributed by atoms with Crippen molar-refractivity contribution in [2.75, 3.05) is 45.3 Å². The third kappa shape index (κ3) is 3.22. The highest BCUT2D eigenvalue weighted by Gasteiger charge is 2.24. The van der Waals surface area contributed by atoms with Gasteiger partial charge in [0.05, 0.1) is 7.11 Å². The molecule has 0 saturated carbocycles. The highest BCUT2D eigenvalue weighted by molar-refractivity contribution is 5.80. The van der Waals surface area contributed by atoms with E-state index in [0.717, 1.165) is 37.6 Å². The third-order valence-corrected chi connectivity index (χ3v) is 3.71. The lowest BCUT2D eigenvalue weighted by molar-refractivity contribution is -0.141. The topological polar surface area (TPSA) is 42.0 Å². The second kappa shape index (κ2) is 6.61. The number of piperazine rings is 1. The van der Waals surface area contributed by atoms with Gasteiger partial charge in [0, 0.05) is 45.0 Å². The molecule has 1 heterocycles. The van der Waals surface area contributed by atoms with E-state index in [0.29, 0.717) is 0 Å². The standard InChI is InChI=1S/C15H22N2O3/c1-12(19-2)15(18)17-9-7-16(8-10-17)13-5-4-6-14(11-13)20-3/h4-6,11-12H,7-10H2,1-3H3. The molecule has 1 aromatic rings. The van der Waals surface area contributed by atoms with Gasteiger partial charge in [0.1, 0.15) is 11.9 Å². The number of carbonyl (C=O) groups excluding carboxylic acids is 1. The number of nitrogens with zero attached hydrogens (tertiary/aromatic N) is 2. The first kappa shape index (κ1) is 14.7. The average Bonchev–Trinajstić information content (AvgIpc) is 2.53. The zero-order chi connectivity index (χ0) is 14.5. The van der Waals surface area contributed by atoms with Crippen LogP contribution in [0.3, 0.4) is 0 Å². The monoisotopic (exact) mass is 278 g/mol. The minimum atomic E-state index is -0.363. The van der Waals surface area contributed by atoms with Crippen LogP contribution in [0.25, 0.3) is 0 Å². The summed E-state index contributed by atoms with van der Waals surface area (Å²) < 4.78 is 10.3. The van der Waals surface area contributed by atoms with E-state index in [-0.39, 0.29) is 12.0 Å². The molecule has 0 radical (unpaired) electrons. The molecule has 0 N–H and O–H groups in total. The summed E-state index contributed by atoms with van der Waals surface area (Å²) >= 11 is 0. The maximum Gasteiger partial charge on any atom is 0.251 e. The van der Waals surface area contributed by atoms with Crippen LogP contribution in [0.2, 0.25) is 0 Å². The Kier molecular flexibility index (Phi) is 4.84. The largest absolute Gasteiger partial charge is 0.497 e. The fourth-order valence-electron chi connectivity index (χ4n) is 2.35. The van der Waals surface area contributed by atoms with Gasteiger partial charge < -0.3 is 19.3 Å². The molecule has 0 aliphatic carbocycles. The maximum atomic E-state index is 12.0. The Morgan fingerprint density at radius 2 is 1.90 bits per heavy atom. The molecule has 1 aliphatic heterocycles. The van der Waals surface area contributed by atoms with Crippen molar-refractivity contribution < 1.29 is 14.3 Å². The number of benzene rings is 1. The smallest absolute Gasteiger partial charge is 0.251 e. The SMILES string of the molecule is COc1cccc(N2CCN(C(=O)C(C)OC)CC2)c1. The molecule has 0 bridgehead atoms. The van der Waals surface area contributed by atoms with Crippen LogP contribution in [0.4, 0.5) is 5.69 Å². The van der Waals surface area contributed by atoms with E-state index < -0.39 is 0 Å². The van der Waals surface area contributed by atoms with Gasteiger partial charge in [-0.2, -0.15) is 0 Å². The van der Waals surface area contributed by atoms with Crippen LogP contribution in [0, 0.1) is 0 Å². The summed E-state index contributed by atoms with van der Waals surface area (Å²) in [4.78, 5) is 16.2. The summed E-state index contributed by atoms with van der Waals surface area (Å²) in [6, 6.07) is 8.01. The number of hydrogen-bond donors (Lipinski definition) is 0. The second-order valence-corrected chi connectivity index (χ2v) is 4.89. The molecule has 1 fully saturated rings. The lowest BCUT2D eigenvalue weighted by Gasteiger charge is -2.37. The quantitative estimate of drug-likeness (QED) is 0.834. The van der Waals surface area contributed by atoms with Crippen LogP contribution in [-0.2, 0) is 9.53 Å². The lowest BCUT2D eigenvalue weighted by atomic mass is 10.2. The van der Waals surface area contributed by atoms with Crippen LogP contribution in [-0.4, -0.2) is 57.3 Å². The van der Waals surface area contributed by atoms with Gasteiger partial charge >= 0.3 is 0 Å². The maximum absolute atomic E-state index is 12.0. The number of carbonyl (C=O) groups is 1. The summed E-state index contributed by atoms with van der Waals surface area (Å²) in [5.41, 5.74) is 1.14. The van der Waals surface area contributed by atoms with E-state index in [1.807, 2.05) is 23.1 Å². The molecular formula is C15H22N2O3. The molecule has 1 atom stereocenters. The van der Waals surface area contributed by atoms with Crippen molar-refractivity contribution in [1.29, 1.82) is 0 Å². The van der Waals surface area contributed by atoms with Gasteiger partial charge in [-0.05, 0) is 19.1 Å². The molecule has 0 aromatic heterocycles. The van der Waals surface area contributed by atoms with Gasteiger partial charge in [0.2, 0.25) is 0 Å². The first-order chi connectivity index (χ1) is 9.65. The van der Waals surface area contributed by atoms with Crippen molar-refractivity contribution in [3.05, 3.63) is 24.3 Å². The van der Waals surface area contributed by atoms with Crippen LogP contribution >= 0.6 is 0 Å². The molecule has 2 rings (SSSR count). The van der Waals surface area contributed by atoms with Gasteiger partial charge in [-0.25, -0.2) is 0 Å². The fraction of sp³-hybridized carbons (Fsp3) is 0.533. The molecule has 1 saturated heterocycles. The van der Waals surface area contributed by atoms with Crippen molar-refractivity contribution >= 4 is 11.6 Å². The van der Waals surface area contributed by atoms with Gasteiger partial charge in [-0.3, -0.25) is 4.79 Å². The molecule has 1 unspecified atom stereocenters. The molecule has 1 aromatic carbocycles. The van der Waals surface area contributed by atoms with E-state index in [1.54, 1.807) is 21.1 Å². The molecule has 1 amide bonds. The first-order valence-corrected chi connectivity index (χ1v) is 6.86. The zero-order valence-corrected chi connectivity index (χ0v) is 12.3. The Bertz CT molecular complexity index is 456. The van der Waals surface area contributed by atoms with Crippen LogP contribution < -0.4 is 9.64 Å². The Balaban J connectivity index is 1.95. The summed E-state index contributed by atoms with van der Waals surface area (Å²) in [6.45, 7) is 4.90. The van der Waals surface area contributed by atoms with Crippen molar-refractivity contribution in [2.45, 2.75) is 13.0 Å². The highest BCUT2D eigenvalue weighted by atomic mass is 16.5. The number of amides is 1. The summed E-state index contributed by atoms with van der Waals surface area (Å²) in [7, 11) is 3.23. The Hall–Kier alpha value is -1.75. The summed E-state index contributed by atoms with van der Waals surface area (Å²) in [6.07, 6.45) is -0.363. The van der Waals surface area contributed by atoms with E-state index in [9.17, 15) is 4.79 Å². The van der Waals surface area contributed by atoms with Crippen molar-refractivity contribution in [2.24, 2.45) is 0 Å². The van der Waals surface area contributed by atoms with Gasteiger partial charge in [0.25, 0.3) is 5.91 Å². The van der Waals surface area contributed by atoms with Gasteiger partial charge in [0.15, 0.2) is 0 Å². The molecule has 1 aliphatic rings. The zero-order valence-electron chi connectivity index (χ0n) is 12.3. The average molecular weight is 278 g/mol. The van der Waals surface area contributed by atoms with Crippen LogP contribution in [0.1, 0.15) is 6.92 Å². The Morgan fingerprint density at radius 1 is 1.20 bits per heavy atom. The van der Waals surface area contributed by atoms with E-state index in [2.05, 4.69) is 11.0 Å². The number of ether oxygens (including phenoxy) is 2. The molecular weight excluding hydrogens is 256 g/mol. The number of anilines is 1. The van der Waals surface area contributed by atoms with Crippen LogP contribution in [0.5, 0.6) is 5.75 Å². The van der Waals surface area contributed by atoms with Gasteiger partial charge in [-0.15, -0.1) is 0 Å². The molecule has 5 nitrogen and oxygen atoms in total. The van der Waals surface area contributed by atoms with E-state index >= 15 is 0 Å². The minimum Gasteiger partial charge on any atom is -0.497 e. The van der Waals surface area contributed by atoms with Crippen molar-refractivity contribution in [1.82, 2.24) is 4.90 Å². The third-order valence-electron chi connectivity index (χ3n) is 3.71. The number of hydrogen-bond acceptors (Lipinski definition) is 4. The molecule has 110 valence electrons. The van der Waals surface area contributed by atoms with E-state index in [4.69, 9.17) is 9.47 Å². The predicted molar refractivity (Wildman–Crippen MR) is 78.3 cm³/mol. The summed E-state index contributed by atoms with van der Waals surface area (Å²) in [5, 5.41) is 0. The predicted octanol–water partition coefficient (Wildman–Crippen LogP) is 1.38. The van der Waals surface area contributed by atoms with Crippen molar-refractivity contribution in [3.63, 3.8) is 0 Å². The van der Waals surface area contributed by atoms with Crippen LogP contribution in [0.15, 0.2) is 24.3 Å². The summed E-state index contributed by atoms with van der Waals surface area (Å²) in [5.74, 6) is 0.923. The van der Waals surface area contributed by atoms with Gasteiger partial charge in [-0.1, -0.05) is 6.07 Å². The van der Waals surface area contributed by atoms with E-state index in [1.165, 1.54) is 0 Å². The highest BCUT2D eigenvalue weighted by Crippen LogP contribution is 2.22. The molecule has 20 heavy (non-hydrogen) atoms. The second-order valence-electron chi connectivity index (χ2n) is 4.89. The number of methoxy groups -OCH3 is 2. The molecule has 0 spiro atoms.